The molecular weight excluding hydrogens is 316 g/mol. The lowest BCUT2D eigenvalue weighted by Gasteiger charge is -2.21. The highest BCUT2D eigenvalue weighted by Crippen LogP contribution is 2.24. The number of furan rings is 1. The molecule has 0 saturated carbocycles. The minimum absolute atomic E-state index is 0.142. The minimum Gasteiger partial charge on any atom is -0.466 e. The number of anilines is 1. The van der Waals surface area contributed by atoms with Crippen molar-refractivity contribution in [1.29, 1.82) is 0 Å². The molecule has 0 aliphatic heterocycles. The maximum Gasteiger partial charge on any atom is 0.313 e. The average molecular weight is 334 g/mol. The molecule has 122 valence electrons. The van der Waals surface area contributed by atoms with Crippen LogP contribution in [0.3, 0.4) is 0 Å². The molecule has 0 fully saturated rings. The second-order valence-corrected chi connectivity index (χ2v) is 5.94. The summed E-state index contributed by atoms with van der Waals surface area (Å²) >= 11 is 1.47. The van der Waals surface area contributed by atoms with E-state index in [1.807, 2.05) is 18.4 Å². The molecule has 1 aromatic carbocycles. The summed E-state index contributed by atoms with van der Waals surface area (Å²) in [5, 5.41) is 15.2. The van der Waals surface area contributed by atoms with Crippen LogP contribution < -0.4 is 10.6 Å². The largest absolute Gasteiger partial charge is 0.466 e. The van der Waals surface area contributed by atoms with E-state index < -0.39 is 17.4 Å². The Kier molecular flexibility index (Phi) is 5.46. The van der Waals surface area contributed by atoms with Crippen LogP contribution in [-0.4, -0.2) is 29.7 Å². The summed E-state index contributed by atoms with van der Waals surface area (Å²) in [6, 6.07) is 10.4. The normalized spacial score (nSPS) is 13.2. The first kappa shape index (κ1) is 17.1. The van der Waals surface area contributed by atoms with Gasteiger partial charge in [-0.1, -0.05) is 12.1 Å². The Morgan fingerprint density at radius 1 is 1.22 bits per heavy atom. The van der Waals surface area contributed by atoms with Gasteiger partial charge < -0.3 is 20.2 Å². The van der Waals surface area contributed by atoms with Crippen molar-refractivity contribution in [3.05, 3.63) is 48.4 Å². The number of hydrogen-bond donors (Lipinski definition) is 3. The van der Waals surface area contributed by atoms with E-state index in [1.54, 1.807) is 24.3 Å². The van der Waals surface area contributed by atoms with Gasteiger partial charge in [0.15, 0.2) is 0 Å². The number of carbonyl (C=O) groups is 2. The minimum atomic E-state index is -1.39. The Morgan fingerprint density at radius 3 is 2.61 bits per heavy atom. The van der Waals surface area contributed by atoms with E-state index >= 15 is 0 Å². The molecule has 0 saturated heterocycles. The number of thioether (sulfide) groups is 1. The topological polar surface area (TPSA) is 91.6 Å². The van der Waals surface area contributed by atoms with Gasteiger partial charge in [0, 0.05) is 4.90 Å². The van der Waals surface area contributed by atoms with Gasteiger partial charge in [-0.25, -0.2) is 0 Å². The molecule has 7 heteroatoms. The smallest absolute Gasteiger partial charge is 0.313 e. The average Bonchev–Trinajstić information content (AvgIpc) is 3.08. The molecule has 0 radical (unpaired) electrons. The van der Waals surface area contributed by atoms with E-state index in [4.69, 9.17) is 4.42 Å². The standard InChI is InChI=1S/C16H18N2O4S/c1-16(21,13-8-5-9-22-13)10-17-14(19)15(20)18-11-6-3-4-7-12(11)23-2/h3-9,21H,10H2,1-2H3,(H,17,19)(H,18,20)/t16-/m1/s1. The van der Waals surface area contributed by atoms with Crippen molar-refractivity contribution in [2.45, 2.75) is 17.4 Å². The van der Waals surface area contributed by atoms with Gasteiger partial charge >= 0.3 is 11.8 Å². The van der Waals surface area contributed by atoms with Crippen LogP contribution in [-0.2, 0) is 15.2 Å². The Hall–Kier alpha value is -2.25. The number of carbonyl (C=O) groups excluding carboxylic acids is 2. The highest BCUT2D eigenvalue weighted by atomic mass is 32.2. The first-order chi connectivity index (χ1) is 10.9. The fourth-order valence-corrected chi connectivity index (χ4v) is 2.49. The van der Waals surface area contributed by atoms with E-state index in [-0.39, 0.29) is 6.54 Å². The highest BCUT2D eigenvalue weighted by molar-refractivity contribution is 7.98. The summed E-state index contributed by atoms with van der Waals surface area (Å²) in [6.45, 7) is 1.35. The molecule has 1 atom stereocenters. The van der Waals surface area contributed by atoms with Crippen LogP contribution in [0.4, 0.5) is 5.69 Å². The van der Waals surface area contributed by atoms with Crippen LogP contribution in [0.5, 0.6) is 0 Å². The third kappa shape index (κ3) is 4.37. The van der Waals surface area contributed by atoms with E-state index in [0.29, 0.717) is 11.4 Å². The van der Waals surface area contributed by atoms with Crippen LogP contribution in [0.15, 0.2) is 52.0 Å². The summed E-state index contributed by atoms with van der Waals surface area (Å²) in [6.07, 6.45) is 3.31. The Balaban J connectivity index is 1.94. The maximum absolute atomic E-state index is 11.9. The van der Waals surface area contributed by atoms with Crippen molar-refractivity contribution < 1.29 is 19.1 Å². The van der Waals surface area contributed by atoms with Crippen LogP contribution in [0.1, 0.15) is 12.7 Å². The maximum atomic E-state index is 11.9. The molecule has 0 aliphatic rings. The molecule has 0 unspecified atom stereocenters. The van der Waals surface area contributed by atoms with Gasteiger partial charge in [-0.15, -0.1) is 11.8 Å². The predicted octanol–water partition coefficient (Wildman–Crippen LogP) is 1.96. The fourth-order valence-electron chi connectivity index (χ4n) is 1.93. The van der Waals surface area contributed by atoms with Crippen LogP contribution in [0.2, 0.25) is 0 Å². The molecule has 3 N–H and O–H groups in total. The molecular formula is C16H18N2O4S. The first-order valence-corrected chi connectivity index (χ1v) is 8.15. The van der Waals surface area contributed by atoms with Gasteiger partial charge in [-0.05, 0) is 37.4 Å². The van der Waals surface area contributed by atoms with Gasteiger partial charge in [-0.3, -0.25) is 9.59 Å². The number of hydrogen-bond acceptors (Lipinski definition) is 5. The first-order valence-electron chi connectivity index (χ1n) is 6.92. The van der Waals surface area contributed by atoms with Crippen molar-refractivity contribution in [3.63, 3.8) is 0 Å². The lowest BCUT2D eigenvalue weighted by molar-refractivity contribution is -0.136. The van der Waals surface area contributed by atoms with Crippen molar-refractivity contribution in [2.24, 2.45) is 0 Å². The number of nitrogens with one attached hydrogen (secondary N) is 2. The van der Waals surface area contributed by atoms with Gasteiger partial charge in [0.1, 0.15) is 11.4 Å². The molecule has 23 heavy (non-hydrogen) atoms. The third-order valence-corrected chi connectivity index (χ3v) is 4.00. The molecule has 0 bridgehead atoms. The van der Waals surface area contributed by atoms with E-state index in [0.717, 1.165) is 4.90 Å². The van der Waals surface area contributed by atoms with Crippen LogP contribution in [0, 0.1) is 0 Å². The van der Waals surface area contributed by atoms with E-state index in [1.165, 1.54) is 24.9 Å². The second-order valence-electron chi connectivity index (χ2n) is 5.09. The lowest BCUT2D eigenvalue weighted by atomic mass is 10.0. The van der Waals surface area contributed by atoms with Crippen molar-refractivity contribution in [2.75, 3.05) is 18.1 Å². The van der Waals surface area contributed by atoms with Crippen LogP contribution in [0.25, 0.3) is 0 Å². The quantitative estimate of drug-likeness (QED) is 0.574. The molecule has 1 aromatic heterocycles. The van der Waals surface area contributed by atoms with Crippen molar-refractivity contribution >= 4 is 29.3 Å². The summed E-state index contributed by atoms with van der Waals surface area (Å²) in [5.74, 6) is -1.31. The molecule has 2 rings (SSSR count). The third-order valence-electron chi connectivity index (χ3n) is 3.21. The summed E-state index contributed by atoms with van der Waals surface area (Å²) < 4.78 is 5.11. The van der Waals surface area contributed by atoms with Gasteiger partial charge in [-0.2, -0.15) is 0 Å². The fraction of sp³-hybridized carbons (Fsp3) is 0.250. The van der Waals surface area contributed by atoms with Gasteiger partial charge in [0.05, 0.1) is 18.5 Å². The number of para-hydroxylation sites is 1. The molecule has 0 spiro atoms. The molecule has 2 aromatic rings. The zero-order valence-corrected chi connectivity index (χ0v) is 13.6. The Bertz CT molecular complexity index is 683. The summed E-state index contributed by atoms with van der Waals surface area (Å²) in [7, 11) is 0. The second kappa shape index (κ2) is 7.34. The monoisotopic (exact) mass is 334 g/mol. The van der Waals surface area contributed by atoms with E-state index in [9.17, 15) is 14.7 Å². The van der Waals surface area contributed by atoms with Gasteiger partial charge in [0.2, 0.25) is 0 Å². The Morgan fingerprint density at radius 2 is 1.96 bits per heavy atom. The zero-order valence-electron chi connectivity index (χ0n) is 12.8. The van der Waals surface area contributed by atoms with Crippen LogP contribution >= 0.6 is 11.8 Å². The number of aliphatic hydroxyl groups is 1. The van der Waals surface area contributed by atoms with E-state index in [2.05, 4.69) is 10.6 Å². The molecule has 6 nitrogen and oxygen atoms in total. The van der Waals surface area contributed by atoms with Gasteiger partial charge in [0.25, 0.3) is 0 Å². The summed E-state index contributed by atoms with van der Waals surface area (Å²) in [5.41, 5.74) is -0.825. The summed E-state index contributed by atoms with van der Waals surface area (Å²) in [4.78, 5) is 24.7. The number of benzene rings is 1. The molecule has 0 aliphatic carbocycles. The highest BCUT2D eigenvalue weighted by Gasteiger charge is 2.28. The predicted molar refractivity (Wildman–Crippen MR) is 88.1 cm³/mol. The molecule has 1 heterocycles. The lowest BCUT2D eigenvalue weighted by Crippen LogP contribution is -2.43. The molecule has 2 amide bonds. The zero-order chi connectivity index (χ0) is 16.9. The van der Waals surface area contributed by atoms with Crippen molar-refractivity contribution in [1.82, 2.24) is 5.32 Å². The Labute approximate surface area is 138 Å². The SMILES string of the molecule is CSc1ccccc1NC(=O)C(=O)NC[C@@](C)(O)c1ccco1. The number of amides is 2. The number of rotatable bonds is 5. The van der Waals surface area contributed by atoms with Crippen molar-refractivity contribution in [3.8, 4) is 0 Å².